The molecule has 4 nitrogen and oxygen atoms in total. The van der Waals surface area contributed by atoms with Crippen LogP contribution in [0.1, 0.15) is 41.5 Å². The average Bonchev–Trinajstić information content (AvgIpc) is 2.93. The minimum absolute atomic E-state index is 0.136. The first-order valence-corrected chi connectivity index (χ1v) is 13.4. The van der Waals surface area contributed by atoms with Gasteiger partial charge in [-0.05, 0) is 105 Å². The maximum Gasteiger partial charge on any atom is 0.272 e. The zero-order valence-electron chi connectivity index (χ0n) is 20.4. The normalized spacial score (nSPS) is 14.2. The quantitative estimate of drug-likeness (QED) is 0.232. The first-order valence-electron chi connectivity index (χ1n) is 12.6. The van der Waals surface area contributed by atoms with E-state index in [1.807, 2.05) is 24.4 Å². The Morgan fingerprint density at radius 1 is 0.919 bits per heavy atom. The predicted molar refractivity (Wildman–Crippen MR) is 155 cm³/mol. The molecule has 0 spiro atoms. The SMILES string of the molecule is Brc1cc(Cc2cccc3ccc4c(c23)CCC2=C4C=CCC2)ccn1.O=c1[nH]ncc2ccccc12. The molecule has 5 aromatic rings. The largest absolute Gasteiger partial charge is 0.272 e. The Morgan fingerprint density at radius 2 is 1.81 bits per heavy atom. The minimum atomic E-state index is -0.136. The molecule has 0 atom stereocenters. The molecule has 2 heterocycles. The number of nitrogens with zero attached hydrogens (tertiary/aromatic N) is 2. The minimum Gasteiger partial charge on any atom is -0.267 e. The fourth-order valence-electron chi connectivity index (χ4n) is 5.53. The molecule has 1 N–H and O–H groups in total. The van der Waals surface area contributed by atoms with Crippen molar-refractivity contribution in [1.29, 1.82) is 0 Å². The maximum atomic E-state index is 11.1. The van der Waals surface area contributed by atoms with Crippen LogP contribution in [0.5, 0.6) is 0 Å². The van der Waals surface area contributed by atoms with Gasteiger partial charge in [0.05, 0.1) is 6.20 Å². The van der Waals surface area contributed by atoms with Crippen molar-refractivity contribution < 1.29 is 0 Å². The third kappa shape index (κ3) is 4.79. The summed E-state index contributed by atoms with van der Waals surface area (Å²) in [4.78, 5) is 15.3. The van der Waals surface area contributed by atoms with Crippen molar-refractivity contribution >= 4 is 43.0 Å². The molecule has 5 heteroatoms. The lowest BCUT2D eigenvalue weighted by Crippen LogP contribution is -2.08. The lowest BCUT2D eigenvalue weighted by molar-refractivity contribution is 0.830. The van der Waals surface area contributed by atoms with E-state index in [1.54, 1.807) is 17.8 Å². The Balaban J connectivity index is 0.000000191. The summed E-state index contributed by atoms with van der Waals surface area (Å²) in [6.45, 7) is 0. The zero-order valence-corrected chi connectivity index (χ0v) is 22.0. The van der Waals surface area contributed by atoms with Gasteiger partial charge in [-0.15, -0.1) is 0 Å². The highest BCUT2D eigenvalue weighted by Gasteiger charge is 2.21. The van der Waals surface area contributed by atoms with E-state index in [4.69, 9.17) is 0 Å². The fourth-order valence-corrected chi connectivity index (χ4v) is 5.94. The van der Waals surface area contributed by atoms with Crippen molar-refractivity contribution in [2.45, 2.75) is 32.1 Å². The van der Waals surface area contributed by atoms with Gasteiger partial charge in [0.1, 0.15) is 4.60 Å². The van der Waals surface area contributed by atoms with Crippen LogP contribution in [0.25, 0.3) is 27.1 Å². The maximum absolute atomic E-state index is 11.1. The van der Waals surface area contributed by atoms with Crippen molar-refractivity contribution in [3.8, 4) is 0 Å². The summed E-state index contributed by atoms with van der Waals surface area (Å²) in [5.41, 5.74) is 8.71. The third-order valence-corrected chi connectivity index (χ3v) is 7.68. The monoisotopic (exact) mass is 547 g/mol. The molecule has 2 aliphatic carbocycles. The molecule has 37 heavy (non-hydrogen) atoms. The summed E-state index contributed by atoms with van der Waals surface area (Å²) in [5, 5.41) is 10.4. The second kappa shape index (κ2) is 10.3. The molecule has 0 saturated heterocycles. The average molecular weight is 548 g/mol. The number of nitrogens with one attached hydrogen (secondary N) is 1. The van der Waals surface area contributed by atoms with Gasteiger partial charge in [-0.3, -0.25) is 4.79 Å². The van der Waals surface area contributed by atoms with Gasteiger partial charge in [-0.1, -0.05) is 66.3 Å². The number of pyridine rings is 1. The Bertz CT molecular complexity index is 1740. The van der Waals surface area contributed by atoms with E-state index >= 15 is 0 Å². The first-order chi connectivity index (χ1) is 18.2. The standard InChI is InChI=1S/C24H20BrN.C8H6N2O/c25-23-15-16(12-13-26-23)14-19-6-3-5-18-9-10-21-20-7-2-1-4-17(20)8-11-22(21)24(18)19;11-8-7-4-2-1-3-6(7)5-9-10-8/h2-3,5-7,9-10,12-13,15H,1,4,8,11,14H2;1-5H,(H,10,11). The predicted octanol–water partition coefficient (Wildman–Crippen LogP) is 7.56. The van der Waals surface area contributed by atoms with Crippen LogP contribution in [0.3, 0.4) is 0 Å². The van der Waals surface area contributed by atoms with Gasteiger partial charge < -0.3 is 0 Å². The fraction of sp³-hybridized carbons (Fsp3) is 0.156. The van der Waals surface area contributed by atoms with Crippen molar-refractivity contribution in [2.24, 2.45) is 0 Å². The van der Waals surface area contributed by atoms with E-state index in [0.29, 0.717) is 5.39 Å². The molecule has 7 rings (SSSR count). The molecule has 182 valence electrons. The number of halogens is 1. The molecule has 0 fully saturated rings. The molecule has 0 aliphatic heterocycles. The van der Waals surface area contributed by atoms with Crippen molar-refractivity contribution in [2.75, 3.05) is 0 Å². The number of aryl methyl sites for hydroxylation is 1. The van der Waals surface area contributed by atoms with E-state index in [2.05, 4.69) is 85.7 Å². The van der Waals surface area contributed by atoms with E-state index in [1.165, 1.54) is 57.9 Å². The van der Waals surface area contributed by atoms with Gasteiger partial charge in [0, 0.05) is 17.0 Å². The van der Waals surface area contributed by atoms with Crippen LogP contribution in [0.4, 0.5) is 0 Å². The van der Waals surface area contributed by atoms with E-state index in [9.17, 15) is 4.79 Å². The molecule has 0 amide bonds. The Morgan fingerprint density at radius 3 is 2.70 bits per heavy atom. The van der Waals surface area contributed by atoms with Gasteiger partial charge in [0.15, 0.2) is 0 Å². The van der Waals surface area contributed by atoms with E-state index in [-0.39, 0.29) is 5.56 Å². The van der Waals surface area contributed by atoms with Gasteiger partial charge in [0.2, 0.25) is 0 Å². The summed E-state index contributed by atoms with van der Waals surface area (Å²) in [6.07, 6.45) is 13.9. The van der Waals surface area contributed by atoms with Gasteiger partial charge in [-0.2, -0.15) is 5.10 Å². The topological polar surface area (TPSA) is 58.6 Å². The number of rotatable bonds is 2. The highest BCUT2D eigenvalue weighted by atomic mass is 79.9. The van der Waals surface area contributed by atoms with E-state index in [0.717, 1.165) is 22.8 Å². The van der Waals surface area contributed by atoms with Crippen molar-refractivity contribution in [3.63, 3.8) is 0 Å². The molecule has 2 aromatic heterocycles. The number of fused-ring (bicyclic) bond motifs is 5. The molecule has 0 radical (unpaired) electrons. The molecular formula is C32H26BrN3O. The Labute approximate surface area is 223 Å². The lowest BCUT2D eigenvalue weighted by Gasteiger charge is -2.26. The van der Waals surface area contributed by atoms with Crippen molar-refractivity contribution in [1.82, 2.24) is 15.2 Å². The van der Waals surface area contributed by atoms with Crippen LogP contribution in [0.15, 0.2) is 106 Å². The summed E-state index contributed by atoms with van der Waals surface area (Å²) >= 11 is 3.50. The van der Waals surface area contributed by atoms with Crippen LogP contribution < -0.4 is 5.56 Å². The van der Waals surface area contributed by atoms with Gasteiger partial charge >= 0.3 is 0 Å². The second-order valence-corrected chi connectivity index (χ2v) is 10.3. The van der Waals surface area contributed by atoms with Gasteiger partial charge in [-0.25, -0.2) is 10.1 Å². The summed E-state index contributed by atoms with van der Waals surface area (Å²) in [6, 6.07) is 23.0. The number of aromatic amines is 1. The van der Waals surface area contributed by atoms with Crippen molar-refractivity contribution in [3.05, 3.63) is 134 Å². The van der Waals surface area contributed by atoms with Crippen LogP contribution in [-0.2, 0) is 12.8 Å². The number of hydrogen-bond acceptors (Lipinski definition) is 3. The molecular weight excluding hydrogens is 522 g/mol. The van der Waals surface area contributed by atoms with Gasteiger partial charge in [0.25, 0.3) is 5.56 Å². The Hall–Kier alpha value is -3.83. The highest BCUT2D eigenvalue weighted by Crippen LogP contribution is 2.41. The molecule has 2 aliphatic rings. The summed E-state index contributed by atoms with van der Waals surface area (Å²) < 4.78 is 0.902. The zero-order chi connectivity index (χ0) is 25.2. The smallest absolute Gasteiger partial charge is 0.267 e. The van der Waals surface area contributed by atoms with Crippen LogP contribution >= 0.6 is 15.9 Å². The number of allylic oxidation sites excluding steroid dienone is 4. The highest BCUT2D eigenvalue weighted by molar-refractivity contribution is 9.10. The van der Waals surface area contributed by atoms with Crippen LogP contribution in [0.2, 0.25) is 0 Å². The lowest BCUT2D eigenvalue weighted by atomic mass is 9.78. The number of H-pyrrole nitrogens is 1. The number of benzene rings is 3. The Kier molecular flexibility index (Phi) is 6.54. The summed E-state index contributed by atoms with van der Waals surface area (Å²) in [5.74, 6) is 0. The number of aromatic nitrogens is 3. The van der Waals surface area contributed by atoms with E-state index < -0.39 is 0 Å². The first kappa shape index (κ1) is 23.6. The van der Waals surface area contributed by atoms with Crippen LogP contribution in [0, 0.1) is 0 Å². The third-order valence-electron chi connectivity index (χ3n) is 7.25. The second-order valence-electron chi connectivity index (χ2n) is 9.52. The number of hydrogen-bond donors (Lipinski definition) is 1. The molecule has 3 aromatic carbocycles. The molecule has 0 bridgehead atoms. The molecule has 0 saturated carbocycles. The van der Waals surface area contributed by atoms with Crippen LogP contribution in [-0.4, -0.2) is 15.2 Å². The summed E-state index contributed by atoms with van der Waals surface area (Å²) in [7, 11) is 0. The molecule has 0 unspecified atom stereocenters.